The van der Waals surface area contributed by atoms with E-state index >= 15 is 0 Å². The van der Waals surface area contributed by atoms with Gasteiger partial charge in [-0.15, -0.1) is 0 Å². The Morgan fingerprint density at radius 3 is 2.76 bits per heavy atom. The number of carbonyl (C=O) groups excluding carboxylic acids is 1. The minimum atomic E-state index is -0.487. The van der Waals surface area contributed by atoms with Gasteiger partial charge in [-0.3, -0.25) is 0 Å². The summed E-state index contributed by atoms with van der Waals surface area (Å²) in [7, 11) is 1.36. The van der Waals surface area contributed by atoms with E-state index in [1.165, 1.54) is 7.11 Å². The molecule has 1 saturated carbocycles. The zero-order valence-corrected chi connectivity index (χ0v) is 10.9. The summed E-state index contributed by atoms with van der Waals surface area (Å²) in [4.78, 5) is 11.5. The van der Waals surface area contributed by atoms with Crippen molar-refractivity contribution in [1.29, 1.82) is 0 Å². The van der Waals surface area contributed by atoms with Gasteiger partial charge in [0.25, 0.3) is 5.79 Å². The van der Waals surface area contributed by atoms with Crippen molar-refractivity contribution >= 4 is 21.9 Å². The van der Waals surface area contributed by atoms with Gasteiger partial charge >= 0.3 is 5.97 Å². The Morgan fingerprint density at radius 1 is 1.41 bits per heavy atom. The van der Waals surface area contributed by atoms with Crippen LogP contribution in [0.1, 0.15) is 29.6 Å². The summed E-state index contributed by atoms with van der Waals surface area (Å²) in [5, 5.41) is 0. The highest BCUT2D eigenvalue weighted by atomic mass is 79.9. The first kappa shape index (κ1) is 10.9. The fraction of sp³-hybridized carbons (Fsp3) is 0.417. The summed E-state index contributed by atoms with van der Waals surface area (Å²) in [6.45, 7) is 0. The van der Waals surface area contributed by atoms with Gasteiger partial charge in [0, 0.05) is 12.8 Å². The number of hydrogen-bond donors (Lipinski definition) is 0. The van der Waals surface area contributed by atoms with Gasteiger partial charge in [0.1, 0.15) is 0 Å². The highest BCUT2D eigenvalue weighted by molar-refractivity contribution is 9.10. The van der Waals surface area contributed by atoms with Crippen LogP contribution in [-0.2, 0) is 4.74 Å². The third-order valence-corrected chi connectivity index (χ3v) is 3.72. The van der Waals surface area contributed by atoms with Gasteiger partial charge in [0.05, 0.1) is 17.1 Å². The SMILES string of the molecule is COC(=O)c1cc(Br)c2c(c1)OC1(CCC1)O2. The molecule has 1 aliphatic carbocycles. The maximum atomic E-state index is 11.5. The van der Waals surface area contributed by atoms with Gasteiger partial charge in [0.15, 0.2) is 11.5 Å². The molecule has 0 aromatic heterocycles. The molecule has 90 valence electrons. The Bertz CT molecular complexity index is 494. The summed E-state index contributed by atoms with van der Waals surface area (Å²) in [5.41, 5.74) is 0.457. The molecule has 0 bridgehead atoms. The number of benzene rings is 1. The van der Waals surface area contributed by atoms with Crippen molar-refractivity contribution in [2.24, 2.45) is 0 Å². The molecule has 0 atom stereocenters. The van der Waals surface area contributed by atoms with E-state index < -0.39 is 5.79 Å². The minimum Gasteiger partial charge on any atom is -0.465 e. The molecule has 1 heterocycles. The topological polar surface area (TPSA) is 44.8 Å². The van der Waals surface area contributed by atoms with Crippen LogP contribution in [0.5, 0.6) is 11.5 Å². The standard InChI is InChI=1S/C12H11BrO4/c1-15-11(14)7-5-8(13)10-9(6-7)16-12(17-10)3-2-4-12/h5-6H,2-4H2,1H3. The Balaban J connectivity index is 1.99. The second kappa shape index (κ2) is 3.63. The highest BCUT2D eigenvalue weighted by Crippen LogP contribution is 2.51. The summed E-state index contributed by atoms with van der Waals surface area (Å²) < 4.78 is 17.0. The van der Waals surface area contributed by atoms with E-state index in [-0.39, 0.29) is 5.97 Å². The van der Waals surface area contributed by atoms with Crippen molar-refractivity contribution in [3.05, 3.63) is 22.2 Å². The molecule has 2 aliphatic rings. The highest BCUT2D eigenvalue weighted by Gasteiger charge is 2.48. The van der Waals surface area contributed by atoms with Crippen molar-refractivity contribution in [3.63, 3.8) is 0 Å². The zero-order valence-electron chi connectivity index (χ0n) is 9.29. The predicted molar refractivity (Wildman–Crippen MR) is 63.3 cm³/mol. The average molecular weight is 299 g/mol. The molecule has 1 spiro atoms. The molecular formula is C12H11BrO4. The molecule has 3 rings (SSSR count). The molecule has 0 radical (unpaired) electrons. The first-order valence-corrected chi connectivity index (χ1v) is 6.23. The number of ether oxygens (including phenoxy) is 3. The molecule has 1 aliphatic heterocycles. The first-order chi connectivity index (χ1) is 8.13. The second-order valence-corrected chi connectivity index (χ2v) is 5.10. The van der Waals surface area contributed by atoms with Gasteiger partial charge in [-0.2, -0.15) is 0 Å². The van der Waals surface area contributed by atoms with Crippen LogP contribution in [0.15, 0.2) is 16.6 Å². The van der Waals surface area contributed by atoms with E-state index in [0.717, 1.165) is 23.7 Å². The van der Waals surface area contributed by atoms with Crippen LogP contribution in [0.2, 0.25) is 0 Å². The third kappa shape index (κ3) is 1.60. The molecule has 0 unspecified atom stereocenters. The number of rotatable bonds is 1. The lowest BCUT2D eigenvalue weighted by molar-refractivity contribution is -0.138. The Labute approximate surface area is 107 Å². The number of carbonyl (C=O) groups is 1. The number of esters is 1. The Morgan fingerprint density at radius 2 is 2.18 bits per heavy atom. The number of fused-ring (bicyclic) bond motifs is 1. The lowest BCUT2D eigenvalue weighted by Gasteiger charge is -2.35. The molecule has 0 saturated heterocycles. The van der Waals surface area contributed by atoms with Gasteiger partial charge in [0.2, 0.25) is 0 Å². The van der Waals surface area contributed by atoms with Crippen LogP contribution < -0.4 is 9.47 Å². The van der Waals surface area contributed by atoms with E-state index in [1.54, 1.807) is 12.1 Å². The molecule has 1 aromatic rings. The lowest BCUT2D eigenvalue weighted by Crippen LogP contribution is -2.45. The summed E-state index contributed by atoms with van der Waals surface area (Å²) in [6.07, 6.45) is 2.89. The largest absolute Gasteiger partial charge is 0.465 e. The molecule has 4 nitrogen and oxygen atoms in total. The van der Waals surface area contributed by atoms with E-state index in [9.17, 15) is 4.79 Å². The summed E-state index contributed by atoms with van der Waals surface area (Å²) in [5.74, 6) is 0.419. The van der Waals surface area contributed by atoms with E-state index in [4.69, 9.17) is 9.47 Å². The monoisotopic (exact) mass is 298 g/mol. The van der Waals surface area contributed by atoms with Crippen LogP contribution in [0.3, 0.4) is 0 Å². The average Bonchev–Trinajstić information content (AvgIpc) is 2.68. The van der Waals surface area contributed by atoms with Gasteiger partial charge in [-0.1, -0.05) is 0 Å². The summed E-state index contributed by atoms with van der Waals surface area (Å²) in [6, 6.07) is 3.35. The van der Waals surface area contributed by atoms with Gasteiger partial charge in [-0.25, -0.2) is 4.79 Å². The maximum absolute atomic E-state index is 11.5. The van der Waals surface area contributed by atoms with Crippen LogP contribution in [0.4, 0.5) is 0 Å². The van der Waals surface area contributed by atoms with Crippen LogP contribution >= 0.6 is 15.9 Å². The summed E-state index contributed by atoms with van der Waals surface area (Å²) >= 11 is 3.39. The first-order valence-electron chi connectivity index (χ1n) is 5.43. The molecule has 1 aromatic carbocycles. The van der Waals surface area contributed by atoms with Crippen LogP contribution in [0.25, 0.3) is 0 Å². The predicted octanol–water partition coefficient (Wildman–Crippen LogP) is 2.89. The third-order valence-electron chi connectivity index (χ3n) is 3.13. The molecular weight excluding hydrogens is 288 g/mol. The molecule has 1 fully saturated rings. The van der Waals surface area contributed by atoms with Gasteiger partial charge in [-0.05, 0) is 34.5 Å². The van der Waals surface area contributed by atoms with E-state index in [1.807, 2.05) is 0 Å². The Hall–Kier alpha value is -1.23. The molecule has 17 heavy (non-hydrogen) atoms. The van der Waals surface area contributed by atoms with Crippen LogP contribution in [0, 0.1) is 0 Å². The number of methoxy groups -OCH3 is 1. The van der Waals surface area contributed by atoms with E-state index in [0.29, 0.717) is 17.1 Å². The smallest absolute Gasteiger partial charge is 0.338 e. The second-order valence-electron chi connectivity index (χ2n) is 4.25. The molecule has 0 amide bonds. The van der Waals surface area contributed by atoms with Crippen molar-refractivity contribution in [2.75, 3.05) is 7.11 Å². The normalized spacial score (nSPS) is 18.9. The fourth-order valence-electron chi connectivity index (χ4n) is 2.06. The minimum absolute atomic E-state index is 0.383. The van der Waals surface area contributed by atoms with Crippen molar-refractivity contribution in [1.82, 2.24) is 0 Å². The van der Waals surface area contributed by atoms with E-state index in [2.05, 4.69) is 20.7 Å². The maximum Gasteiger partial charge on any atom is 0.338 e. The quantitative estimate of drug-likeness (QED) is 0.748. The number of halogens is 1. The molecule has 5 heteroatoms. The van der Waals surface area contributed by atoms with Crippen molar-refractivity contribution in [3.8, 4) is 11.5 Å². The molecule has 0 N–H and O–H groups in total. The van der Waals surface area contributed by atoms with Crippen LogP contribution in [-0.4, -0.2) is 18.9 Å². The fourth-order valence-corrected chi connectivity index (χ4v) is 2.58. The number of hydrogen-bond acceptors (Lipinski definition) is 4. The Kier molecular flexibility index (Phi) is 2.33. The lowest BCUT2D eigenvalue weighted by atomic mass is 9.91. The van der Waals surface area contributed by atoms with Crippen molar-refractivity contribution < 1.29 is 19.0 Å². The zero-order chi connectivity index (χ0) is 12.0. The van der Waals surface area contributed by atoms with Gasteiger partial charge < -0.3 is 14.2 Å². The van der Waals surface area contributed by atoms with Crippen molar-refractivity contribution in [2.45, 2.75) is 25.0 Å².